The highest BCUT2D eigenvalue weighted by Crippen LogP contribution is 2.37. The van der Waals surface area contributed by atoms with Gasteiger partial charge in [-0.05, 0) is 204 Å². The number of halogens is 7. The van der Waals surface area contributed by atoms with Gasteiger partial charge in [0.25, 0.3) is 0 Å². The first-order valence-electron chi connectivity index (χ1n) is 33.8. The van der Waals surface area contributed by atoms with Crippen molar-refractivity contribution in [2.45, 2.75) is 192 Å². The second-order valence-corrected chi connectivity index (χ2v) is 29.6. The van der Waals surface area contributed by atoms with Crippen LogP contribution >= 0.6 is 0 Å². The zero-order valence-corrected chi connectivity index (χ0v) is 63.1. The lowest BCUT2D eigenvalue weighted by atomic mass is 9.90. The minimum absolute atomic E-state index is 0.0387. The van der Waals surface area contributed by atoms with Crippen LogP contribution in [-0.2, 0) is 58.0 Å². The number of ether oxygens (including phenoxy) is 7. The van der Waals surface area contributed by atoms with Gasteiger partial charge in [-0.25, -0.2) is 30.4 Å². The van der Waals surface area contributed by atoms with Gasteiger partial charge in [-0.15, -0.1) is 0 Å². The summed E-state index contributed by atoms with van der Waals surface area (Å²) in [5, 5.41) is 9.01. The molecule has 8 aromatic carbocycles. The van der Waals surface area contributed by atoms with E-state index in [1.54, 1.807) is 74.9 Å². The van der Waals surface area contributed by atoms with E-state index < -0.39 is 66.6 Å². The fourth-order valence-electron chi connectivity index (χ4n) is 9.41. The summed E-state index contributed by atoms with van der Waals surface area (Å²) < 4.78 is 165. The van der Waals surface area contributed by atoms with Crippen molar-refractivity contribution in [3.63, 3.8) is 0 Å². The van der Waals surface area contributed by atoms with E-state index in [0.717, 1.165) is 68.6 Å². The number of rotatable bonds is 26. The Balaban J connectivity index is 0.000000277. The Morgan fingerprint density at radius 3 is 1.22 bits per heavy atom. The van der Waals surface area contributed by atoms with Crippen molar-refractivity contribution in [3.05, 3.63) is 232 Å². The van der Waals surface area contributed by atoms with Crippen LogP contribution < -0.4 is 14.2 Å². The van der Waals surface area contributed by atoms with Crippen LogP contribution in [0.3, 0.4) is 0 Å². The molecule has 0 amide bonds. The molecule has 556 valence electrons. The average Bonchev–Trinajstić information content (AvgIpc) is 0.772. The Morgan fingerprint density at radius 2 is 0.882 bits per heavy atom. The van der Waals surface area contributed by atoms with Gasteiger partial charge in [0, 0.05) is 30.8 Å². The van der Waals surface area contributed by atoms with Gasteiger partial charge < -0.3 is 42.8 Å². The zero-order chi connectivity index (χ0) is 76.2. The highest BCUT2D eigenvalue weighted by Gasteiger charge is 2.36. The molecule has 0 aliphatic rings. The van der Waals surface area contributed by atoms with E-state index in [9.17, 15) is 48.5 Å². The molecule has 21 heteroatoms. The number of aryl methyl sites for hydroxylation is 1. The third-order valence-corrected chi connectivity index (χ3v) is 19.4. The normalized spacial score (nSPS) is 12.6. The standard InChI is InChI=1S/C23H32O4.C18H12F3S.C16H14F4O4S.C14H28O3.C10H14O/c1-6-18(3)19-7-9-22(10-8-19)26-11-12-27-23-20(15-24-4)13-17(2)14-21(23)16-25-5;19-13-1-7-16(8-2-13)22(17-9-3-14(20)4-10-17)18-11-5-15(21)6-12-18;1-3-8(2)9-4-6-10(7-5-9)24-15-11(17)13(19)16(25(21,22)23)14(20)12(15)18;1-9-14(7,8)11(15)17-12(13(4,5)6)16-10(2)3;1-3-8(2)9-4-6-10(11)7-5-9/h7-10,13-14,18H,6,11-12,15-16H2,1-5H3;1-12H;4-8H,3H2,1-2H3,(H,21,22,23);10,12H,9H2,1-8H3;4-8,11H,3H2,1-2H3/q;+1;;;/p-1. The number of esters is 1. The Hall–Kier alpha value is -7.92. The summed E-state index contributed by atoms with van der Waals surface area (Å²) in [6, 6.07) is 44.4. The zero-order valence-electron chi connectivity index (χ0n) is 61.5. The Kier molecular flexibility index (Phi) is 35.1. The van der Waals surface area contributed by atoms with Crippen LogP contribution in [0.4, 0.5) is 30.7 Å². The van der Waals surface area contributed by atoms with Gasteiger partial charge in [0.05, 0.1) is 35.6 Å². The van der Waals surface area contributed by atoms with Gasteiger partial charge in [-0.1, -0.05) is 123 Å². The van der Waals surface area contributed by atoms with Gasteiger partial charge in [-0.3, -0.25) is 4.79 Å². The van der Waals surface area contributed by atoms with Crippen LogP contribution in [0.25, 0.3) is 0 Å². The van der Waals surface area contributed by atoms with E-state index in [0.29, 0.717) is 44.0 Å². The van der Waals surface area contributed by atoms with Gasteiger partial charge in [0.1, 0.15) is 68.7 Å². The maximum Gasteiger partial charge on any atom is 0.313 e. The van der Waals surface area contributed by atoms with E-state index in [1.807, 2.05) is 93.5 Å². The quantitative estimate of drug-likeness (QED) is 0.0104. The van der Waals surface area contributed by atoms with Crippen LogP contribution in [0.1, 0.15) is 174 Å². The van der Waals surface area contributed by atoms with Gasteiger partial charge >= 0.3 is 5.97 Å². The largest absolute Gasteiger partial charge is 0.744 e. The number of aromatic hydroxyl groups is 1. The molecule has 102 heavy (non-hydrogen) atoms. The summed E-state index contributed by atoms with van der Waals surface area (Å²) in [5.74, 6) is -8.20. The minimum atomic E-state index is -5.75. The van der Waals surface area contributed by atoms with Crippen molar-refractivity contribution in [2.24, 2.45) is 10.8 Å². The molecule has 0 saturated heterocycles. The van der Waals surface area contributed by atoms with Crippen LogP contribution in [0.2, 0.25) is 0 Å². The van der Waals surface area contributed by atoms with Crippen LogP contribution in [0, 0.1) is 58.5 Å². The predicted octanol–water partition coefficient (Wildman–Crippen LogP) is 21.6. The number of phenolic OH excluding ortho intramolecular Hbond substituents is 1. The fraction of sp³-hybridized carbons (Fsp3) is 0.395. The van der Waals surface area contributed by atoms with Crippen molar-refractivity contribution in [3.8, 4) is 28.7 Å². The molecule has 8 aromatic rings. The first-order chi connectivity index (χ1) is 48.0. The number of carbonyl (C=O) groups is 1. The van der Waals surface area contributed by atoms with Crippen LogP contribution in [0.15, 0.2) is 177 Å². The third kappa shape index (κ3) is 27.0. The summed E-state index contributed by atoms with van der Waals surface area (Å²) >= 11 is 0. The van der Waals surface area contributed by atoms with E-state index in [-0.39, 0.29) is 46.6 Å². The maximum atomic E-state index is 13.9. The first kappa shape index (κ1) is 86.5. The van der Waals surface area contributed by atoms with Crippen molar-refractivity contribution in [1.29, 1.82) is 0 Å². The van der Waals surface area contributed by atoms with Crippen molar-refractivity contribution < 1.29 is 86.8 Å². The second kappa shape index (κ2) is 41.4. The molecule has 12 nitrogen and oxygen atoms in total. The molecule has 0 aliphatic carbocycles. The average molecular weight is 1460 g/mol. The molecule has 0 spiro atoms. The van der Waals surface area contributed by atoms with Crippen molar-refractivity contribution >= 4 is 27.0 Å². The third-order valence-electron chi connectivity index (χ3n) is 16.3. The molecule has 8 rings (SSSR count). The molecule has 0 aromatic heterocycles. The molecule has 0 fully saturated rings. The summed E-state index contributed by atoms with van der Waals surface area (Å²) in [6.07, 6.45) is 3.43. The summed E-state index contributed by atoms with van der Waals surface area (Å²) in [5.41, 5.74) is 6.11. The molecule has 0 heterocycles. The van der Waals surface area contributed by atoms with E-state index in [2.05, 4.69) is 58.9 Å². The molecule has 0 bridgehead atoms. The van der Waals surface area contributed by atoms with Crippen LogP contribution in [-0.4, -0.2) is 63.9 Å². The number of phenols is 1. The fourth-order valence-corrected chi connectivity index (χ4v) is 12.1. The number of benzene rings is 8. The Morgan fingerprint density at radius 1 is 0.520 bits per heavy atom. The lowest BCUT2D eigenvalue weighted by Crippen LogP contribution is -2.39. The Bertz CT molecular complexity index is 3780. The maximum absolute atomic E-state index is 13.9. The summed E-state index contributed by atoms with van der Waals surface area (Å²) in [6.45, 7) is 32.4. The van der Waals surface area contributed by atoms with E-state index >= 15 is 0 Å². The van der Waals surface area contributed by atoms with Crippen molar-refractivity contribution in [1.82, 2.24) is 0 Å². The Labute approximate surface area is 602 Å². The second-order valence-electron chi connectivity index (χ2n) is 26.3. The molecular formula is C81H99F7O12S2. The van der Waals surface area contributed by atoms with E-state index in [4.69, 9.17) is 38.3 Å². The molecule has 0 radical (unpaired) electrons. The number of hydrogen-bond acceptors (Lipinski definition) is 12. The minimum Gasteiger partial charge on any atom is -0.744 e. The van der Waals surface area contributed by atoms with Gasteiger partial charge in [0.15, 0.2) is 26.3 Å². The topological polar surface area (TPSA) is 159 Å². The predicted molar refractivity (Wildman–Crippen MR) is 386 cm³/mol. The SMILES string of the molecule is CCC(C)(C)C(=O)OC(OC(C)C)C(C)(C)C.CCC(C)c1ccc(O)cc1.CCC(C)c1ccc(OCCOc2c(COC)cc(C)cc2COC)cc1.CCC(C)c1ccc(Oc2c(F)c(F)c(S(=O)(=O)[O-])c(F)c2F)cc1.Fc1ccc([S+](c2ccc(F)cc2)c2ccc(F)cc2)cc1. The number of carbonyl (C=O) groups excluding carboxylic acids is 1. The summed E-state index contributed by atoms with van der Waals surface area (Å²) in [7, 11) is -2.91. The lowest BCUT2D eigenvalue weighted by Gasteiger charge is -2.34. The van der Waals surface area contributed by atoms with E-state index in [1.165, 1.54) is 65.2 Å². The van der Waals surface area contributed by atoms with Gasteiger partial charge in [0.2, 0.25) is 23.7 Å². The summed E-state index contributed by atoms with van der Waals surface area (Å²) in [4.78, 5) is 12.5. The number of hydrogen-bond donors (Lipinski definition) is 1. The van der Waals surface area contributed by atoms with Crippen molar-refractivity contribution in [2.75, 3.05) is 27.4 Å². The molecular weight excluding hydrogens is 1360 g/mol. The monoisotopic (exact) mass is 1460 g/mol. The number of methoxy groups -OCH3 is 2. The van der Waals surface area contributed by atoms with Crippen LogP contribution in [0.5, 0.6) is 28.7 Å². The first-order valence-corrected chi connectivity index (χ1v) is 36.4. The molecule has 4 atom stereocenters. The molecule has 1 N–H and O–H groups in total. The molecule has 4 unspecified atom stereocenters. The molecule has 0 saturated carbocycles. The highest BCUT2D eigenvalue weighted by atomic mass is 32.2. The van der Waals surface area contributed by atoms with Gasteiger partial charge in [-0.2, -0.15) is 8.78 Å². The molecule has 0 aliphatic heterocycles. The smallest absolute Gasteiger partial charge is 0.313 e. The lowest BCUT2D eigenvalue weighted by molar-refractivity contribution is -0.221. The highest BCUT2D eigenvalue weighted by molar-refractivity contribution is 7.97.